The summed E-state index contributed by atoms with van der Waals surface area (Å²) >= 11 is 1.57. The maximum atomic E-state index is 13.0. The van der Waals surface area contributed by atoms with Crippen molar-refractivity contribution < 1.29 is 22.6 Å². The zero-order valence-corrected chi connectivity index (χ0v) is 17.1. The van der Waals surface area contributed by atoms with Gasteiger partial charge in [-0.3, -0.25) is 0 Å². The van der Waals surface area contributed by atoms with Gasteiger partial charge in [0.2, 0.25) is 10.0 Å². The zero-order valence-electron chi connectivity index (χ0n) is 15.5. The molecule has 0 amide bonds. The monoisotopic (exact) mass is 397 g/mol. The number of ether oxygens (including phenoxy) is 3. The Hall–Kier alpha value is -1.90. The summed E-state index contributed by atoms with van der Waals surface area (Å²) in [6.07, 6.45) is 1.96. The highest BCUT2D eigenvalue weighted by atomic mass is 32.2. The Labute approximate surface area is 159 Å². The Morgan fingerprint density at radius 1 is 0.962 bits per heavy atom. The lowest BCUT2D eigenvalue weighted by Crippen LogP contribution is -2.27. The third kappa shape index (κ3) is 4.25. The van der Waals surface area contributed by atoms with Crippen molar-refractivity contribution in [2.24, 2.45) is 0 Å². The number of methoxy groups -OCH3 is 3. The molecule has 0 saturated heterocycles. The van der Waals surface area contributed by atoms with E-state index < -0.39 is 10.0 Å². The lowest BCUT2D eigenvalue weighted by Gasteiger charge is -2.20. The highest BCUT2D eigenvalue weighted by Gasteiger charge is 2.26. The van der Waals surface area contributed by atoms with Gasteiger partial charge in [0, 0.05) is 24.6 Å². The molecule has 142 valence electrons. The van der Waals surface area contributed by atoms with E-state index in [0.717, 1.165) is 16.2 Å². The molecule has 2 rings (SSSR count). The van der Waals surface area contributed by atoms with Gasteiger partial charge < -0.3 is 14.2 Å². The van der Waals surface area contributed by atoms with Crippen LogP contribution in [0.5, 0.6) is 17.2 Å². The summed E-state index contributed by atoms with van der Waals surface area (Å²) in [4.78, 5) is 1.06. The average Bonchev–Trinajstić information content (AvgIpc) is 2.67. The van der Waals surface area contributed by atoms with Crippen LogP contribution in [0.15, 0.2) is 46.2 Å². The summed E-state index contributed by atoms with van der Waals surface area (Å²) < 4.78 is 43.0. The fourth-order valence-electron chi connectivity index (χ4n) is 2.47. The molecule has 0 spiro atoms. The van der Waals surface area contributed by atoms with Gasteiger partial charge in [-0.1, -0.05) is 6.07 Å². The first-order chi connectivity index (χ1) is 12.4. The lowest BCUT2D eigenvalue weighted by molar-refractivity contribution is 0.387. The van der Waals surface area contributed by atoms with Gasteiger partial charge in [-0.2, -0.15) is 4.31 Å². The molecule has 0 saturated carbocycles. The van der Waals surface area contributed by atoms with Crippen LogP contribution in [0.25, 0.3) is 0 Å². The van der Waals surface area contributed by atoms with Crippen LogP contribution in [-0.2, 0) is 16.6 Å². The number of thioether (sulfide) groups is 1. The van der Waals surface area contributed by atoms with E-state index in [9.17, 15) is 8.42 Å². The summed E-state index contributed by atoms with van der Waals surface area (Å²) in [6.45, 7) is 0.202. The molecular weight excluding hydrogens is 374 g/mol. The number of sulfonamides is 1. The van der Waals surface area contributed by atoms with Crippen LogP contribution in [0.1, 0.15) is 5.56 Å². The second-order valence-electron chi connectivity index (χ2n) is 5.47. The van der Waals surface area contributed by atoms with Crippen molar-refractivity contribution in [1.29, 1.82) is 0 Å². The minimum atomic E-state index is -3.77. The van der Waals surface area contributed by atoms with Crippen LogP contribution < -0.4 is 14.2 Å². The van der Waals surface area contributed by atoms with E-state index in [-0.39, 0.29) is 17.2 Å². The van der Waals surface area contributed by atoms with Crippen LogP contribution >= 0.6 is 11.8 Å². The molecule has 0 aliphatic rings. The van der Waals surface area contributed by atoms with Crippen molar-refractivity contribution in [1.82, 2.24) is 4.31 Å². The van der Waals surface area contributed by atoms with Gasteiger partial charge in [-0.15, -0.1) is 11.8 Å². The molecule has 0 bridgehead atoms. The van der Waals surface area contributed by atoms with Crippen molar-refractivity contribution in [3.05, 3.63) is 42.0 Å². The standard InChI is InChI=1S/C18H23NO5S2/c1-19(12-13-6-9-17(25-5)16(10-13)24-4)26(20,21)18-11-14(22-2)7-8-15(18)23-3/h6-11H,12H2,1-5H3. The second kappa shape index (κ2) is 8.66. The minimum Gasteiger partial charge on any atom is -0.497 e. The number of hydrogen-bond acceptors (Lipinski definition) is 6. The first-order valence-corrected chi connectivity index (χ1v) is 10.4. The fourth-order valence-corrected chi connectivity index (χ4v) is 4.35. The van der Waals surface area contributed by atoms with Gasteiger partial charge >= 0.3 is 0 Å². The van der Waals surface area contributed by atoms with Crippen LogP contribution in [0.3, 0.4) is 0 Å². The van der Waals surface area contributed by atoms with E-state index in [1.165, 1.54) is 31.6 Å². The number of benzene rings is 2. The number of hydrogen-bond donors (Lipinski definition) is 0. The molecule has 0 heterocycles. The quantitative estimate of drug-likeness (QED) is 0.637. The summed E-state index contributed by atoms with van der Waals surface area (Å²) in [6, 6.07) is 10.4. The highest BCUT2D eigenvalue weighted by Crippen LogP contribution is 2.32. The summed E-state index contributed by atoms with van der Waals surface area (Å²) in [7, 11) is 2.29. The maximum absolute atomic E-state index is 13.0. The van der Waals surface area contributed by atoms with E-state index in [1.54, 1.807) is 31.0 Å². The van der Waals surface area contributed by atoms with Gasteiger partial charge in [0.1, 0.15) is 22.1 Å². The molecule has 0 radical (unpaired) electrons. The van der Waals surface area contributed by atoms with E-state index in [2.05, 4.69) is 0 Å². The Bertz CT molecular complexity index is 868. The van der Waals surface area contributed by atoms with E-state index >= 15 is 0 Å². The van der Waals surface area contributed by atoms with Gasteiger partial charge in [0.25, 0.3) is 0 Å². The Kier molecular flexibility index (Phi) is 6.80. The van der Waals surface area contributed by atoms with Gasteiger partial charge in [0.15, 0.2) is 0 Å². The molecule has 0 atom stereocenters. The molecule has 6 nitrogen and oxygen atoms in total. The fraction of sp³-hybridized carbons (Fsp3) is 0.333. The normalized spacial score (nSPS) is 11.5. The average molecular weight is 398 g/mol. The first-order valence-electron chi connectivity index (χ1n) is 7.76. The third-order valence-corrected chi connectivity index (χ3v) is 6.51. The molecule has 26 heavy (non-hydrogen) atoms. The van der Waals surface area contributed by atoms with E-state index in [4.69, 9.17) is 14.2 Å². The smallest absolute Gasteiger partial charge is 0.246 e. The van der Waals surface area contributed by atoms with Crippen LogP contribution in [-0.4, -0.2) is 47.4 Å². The second-order valence-corrected chi connectivity index (χ2v) is 8.33. The van der Waals surface area contributed by atoms with Crippen LogP contribution in [0.4, 0.5) is 0 Å². The molecule has 2 aromatic rings. The Balaban J connectivity index is 2.35. The van der Waals surface area contributed by atoms with E-state index in [1.807, 2.05) is 24.5 Å². The summed E-state index contributed by atoms with van der Waals surface area (Å²) in [5, 5.41) is 0. The highest BCUT2D eigenvalue weighted by molar-refractivity contribution is 7.98. The lowest BCUT2D eigenvalue weighted by atomic mass is 10.2. The minimum absolute atomic E-state index is 0.0644. The third-order valence-electron chi connectivity index (χ3n) is 3.91. The largest absolute Gasteiger partial charge is 0.497 e. The molecule has 0 unspecified atom stereocenters. The molecule has 8 heteroatoms. The maximum Gasteiger partial charge on any atom is 0.246 e. The molecule has 0 aromatic heterocycles. The number of rotatable bonds is 8. The topological polar surface area (TPSA) is 65.1 Å². The summed E-state index contributed by atoms with van der Waals surface area (Å²) in [5.74, 6) is 1.44. The van der Waals surface area contributed by atoms with Crippen molar-refractivity contribution in [2.45, 2.75) is 16.3 Å². The first kappa shape index (κ1) is 20.4. The van der Waals surface area contributed by atoms with Gasteiger partial charge in [-0.05, 0) is 36.1 Å². The van der Waals surface area contributed by atoms with Gasteiger partial charge in [-0.25, -0.2) is 8.42 Å². The van der Waals surface area contributed by atoms with Crippen molar-refractivity contribution in [2.75, 3.05) is 34.6 Å². The number of nitrogens with zero attached hydrogens (tertiary/aromatic N) is 1. The van der Waals surface area contributed by atoms with E-state index in [0.29, 0.717) is 5.75 Å². The zero-order chi connectivity index (χ0) is 19.3. The Morgan fingerprint density at radius 3 is 2.23 bits per heavy atom. The molecule has 0 aliphatic carbocycles. The predicted molar refractivity (Wildman–Crippen MR) is 103 cm³/mol. The predicted octanol–water partition coefficient (Wildman–Crippen LogP) is 3.26. The van der Waals surface area contributed by atoms with Crippen molar-refractivity contribution in [3.63, 3.8) is 0 Å². The molecule has 0 N–H and O–H groups in total. The molecule has 2 aromatic carbocycles. The van der Waals surface area contributed by atoms with Crippen molar-refractivity contribution in [3.8, 4) is 17.2 Å². The van der Waals surface area contributed by atoms with Crippen molar-refractivity contribution >= 4 is 21.8 Å². The van der Waals surface area contributed by atoms with Crippen LogP contribution in [0, 0.1) is 0 Å². The van der Waals surface area contributed by atoms with Crippen LogP contribution in [0.2, 0.25) is 0 Å². The van der Waals surface area contributed by atoms with Gasteiger partial charge in [0.05, 0.1) is 21.3 Å². The molecule has 0 fully saturated rings. The molecule has 0 aliphatic heterocycles. The summed E-state index contributed by atoms with van der Waals surface area (Å²) in [5.41, 5.74) is 0.826. The SMILES string of the molecule is COc1ccc(OC)c(S(=O)(=O)N(C)Cc2ccc(SC)c(OC)c2)c1. The molecular formula is C18H23NO5S2. The Morgan fingerprint density at radius 2 is 1.65 bits per heavy atom.